The van der Waals surface area contributed by atoms with Gasteiger partial charge in [0, 0.05) is 0 Å². The first-order valence-corrected chi connectivity index (χ1v) is 3.06. The van der Waals surface area contributed by atoms with Crippen molar-refractivity contribution in [2.75, 3.05) is 0 Å². The summed E-state index contributed by atoms with van der Waals surface area (Å²) < 4.78 is 0. The molecule has 0 aromatic rings. The molecule has 1 unspecified atom stereocenters. The highest BCUT2D eigenvalue weighted by Gasteiger charge is 2.06. The monoisotopic (exact) mass is 111 g/mol. The molecule has 0 saturated heterocycles. The summed E-state index contributed by atoms with van der Waals surface area (Å²) in [6.07, 6.45) is 7.56. The number of allylic oxidation sites excluding steroid dienone is 2. The molecule has 0 aromatic carbocycles. The zero-order valence-corrected chi connectivity index (χ0v) is 4.88. The van der Waals surface area contributed by atoms with Gasteiger partial charge in [0.15, 0.2) is 0 Å². The Morgan fingerprint density at radius 2 is 2.38 bits per heavy atom. The number of aliphatic hydroxyl groups excluding tert-OH is 1. The van der Waals surface area contributed by atoms with Crippen LogP contribution in [-0.2, 0) is 0 Å². The summed E-state index contributed by atoms with van der Waals surface area (Å²) in [5, 5.41) is 8.53. The van der Waals surface area contributed by atoms with Crippen molar-refractivity contribution in [1.29, 1.82) is 0 Å². The average Bonchev–Trinajstić information content (AvgIpc) is 1.90. The van der Waals surface area contributed by atoms with Crippen molar-refractivity contribution < 1.29 is 5.11 Å². The van der Waals surface area contributed by atoms with Crippen LogP contribution in [0.4, 0.5) is 0 Å². The van der Waals surface area contributed by atoms with Crippen molar-refractivity contribution in [3.8, 4) is 0 Å². The van der Waals surface area contributed by atoms with Gasteiger partial charge >= 0.3 is 0 Å². The molecule has 0 amide bonds. The Morgan fingerprint density at radius 1 is 1.50 bits per heavy atom. The maximum atomic E-state index is 8.53. The second kappa shape index (κ2) is 2.88. The smallest absolute Gasteiger partial charge is 0.0833 e. The van der Waals surface area contributed by atoms with Gasteiger partial charge in [-0.1, -0.05) is 12.2 Å². The SMILES string of the molecule is O[CH]C1CC=CCC1. The van der Waals surface area contributed by atoms with Gasteiger partial charge in [-0.05, 0) is 25.2 Å². The molecule has 1 aliphatic rings. The predicted octanol–water partition coefficient (Wildman–Crippen LogP) is 1.88. The zero-order valence-electron chi connectivity index (χ0n) is 4.88. The summed E-state index contributed by atoms with van der Waals surface area (Å²) in [7, 11) is 0. The standard InChI is InChI=1S/C7H11O/c8-6-7-4-2-1-3-5-7/h1-2,6-8H,3-5H2. The Labute approximate surface area is 50.0 Å². The van der Waals surface area contributed by atoms with Gasteiger partial charge in [-0.15, -0.1) is 0 Å². The summed E-state index contributed by atoms with van der Waals surface area (Å²) in [5.41, 5.74) is 0. The molecule has 0 spiro atoms. The van der Waals surface area contributed by atoms with E-state index in [4.69, 9.17) is 5.11 Å². The summed E-state index contributed by atoms with van der Waals surface area (Å²) in [4.78, 5) is 0. The summed E-state index contributed by atoms with van der Waals surface area (Å²) in [6, 6.07) is 0. The molecule has 1 heteroatoms. The second-order valence-electron chi connectivity index (χ2n) is 2.19. The molecule has 1 nitrogen and oxygen atoms in total. The highest BCUT2D eigenvalue weighted by Crippen LogP contribution is 2.18. The van der Waals surface area contributed by atoms with Crippen LogP contribution < -0.4 is 0 Å². The van der Waals surface area contributed by atoms with Crippen LogP contribution in [0.25, 0.3) is 0 Å². The number of rotatable bonds is 1. The minimum atomic E-state index is 0.431. The van der Waals surface area contributed by atoms with Gasteiger partial charge in [0.1, 0.15) is 0 Å². The van der Waals surface area contributed by atoms with Crippen molar-refractivity contribution in [2.45, 2.75) is 19.3 Å². The molecule has 1 rings (SSSR count). The summed E-state index contributed by atoms with van der Waals surface area (Å²) >= 11 is 0. The molecule has 0 saturated carbocycles. The van der Waals surface area contributed by atoms with Crippen LogP contribution in [0.5, 0.6) is 0 Å². The topological polar surface area (TPSA) is 20.2 Å². The van der Waals surface area contributed by atoms with Gasteiger partial charge in [-0.25, -0.2) is 0 Å². The Balaban J connectivity index is 2.27. The van der Waals surface area contributed by atoms with Crippen LogP contribution in [0, 0.1) is 12.5 Å². The minimum Gasteiger partial charge on any atom is -0.390 e. The second-order valence-corrected chi connectivity index (χ2v) is 2.19. The summed E-state index contributed by atoms with van der Waals surface area (Å²) in [5.74, 6) is 0.431. The molecule has 0 fully saturated rings. The van der Waals surface area contributed by atoms with E-state index >= 15 is 0 Å². The lowest BCUT2D eigenvalue weighted by atomic mass is 9.96. The van der Waals surface area contributed by atoms with E-state index in [1.807, 2.05) is 0 Å². The average molecular weight is 111 g/mol. The maximum Gasteiger partial charge on any atom is 0.0833 e. The molecule has 1 aliphatic carbocycles. The Bertz CT molecular complexity index is 86.4. The molecule has 1 atom stereocenters. The van der Waals surface area contributed by atoms with E-state index < -0.39 is 0 Å². The van der Waals surface area contributed by atoms with Gasteiger partial charge in [-0.3, -0.25) is 0 Å². The van der Waals surface area contributed by atoms with Crippen molar-refractivity contribution in [1.82, 2.24) is 0 Å². The fraction of sp³-hybridized carbons (Fsp3) is 0.571. The van der Waals surface area contributed by atoms with Gasteiger partial charge in [-0.2, -0.15) is 0 Å². The van der Waals surface area contributed by atoms with Crippen LogP contribution in [0.1, 0.15) is 19.3 Å². The van der Waals surface area contributed by atoms with Crippen molar-refractivity contribution in [3.63, 3.8) is 0 Å². The zero-order chi connectivity index (χ0) is 5.82. The lowest BCUT2D eigenvalue weighted by Gasteiger charge is -2.12. The fourth-order valence-electron chi connectivity index (χ4n) is 0.952. The molecular weight excluding hydrogens is 100 g/mol. The van der Waals surface area contributed by atoms with Crippen LogP contribution in [-0.4, -0.2) is 5.11 Å². The lowest BCUT2D eigenvalue weighted by Crippen LogP contribution is -2.01. The molecule has 45 valence electrons. The Kier molecular flexibility index (Phi) is 2.10. The van der Waals surface area contributed by atoms with E-state index in [0.29, 0.717) is 5.92 Å². The van der Waals surface area contributed by atoms with Crippen molar-refractivity contribution in [3.05, 3.63) is 18.8 Å². The van der Waals surface area contributed by atoms with E-state index in [1.54, 1.807) is 0 Å². The molecule has 8 heavy (non-hydrogen) atoms. The highest BCUT2D eigenvalue weighted by atomic mass is 16.3. The van der Waals surface area contributed by atoms with Gasteiger partial charge in [0.2, 0.25) is 0 Å². The molecule has 1 N–H and O–H groups in total. The largest absolute Gasteiger partial charge is 0.390 e. The van der Waals surface area contributed by atoms with Gasteiger partial charge < -0.3 is 5.11 Å². The Hall–Kier alpha value is -0.300. The minimum absolute atomic E-state index is 0.431. The van der Waals surface area contributed by atoms with Crippen LogP contribution in [0.15, 0.2) is 12.2 Å². The van der Waals surface area contributed by atoms with Crippen LogP contribution in [0.2, 0.25) is 0 Å². The molecule has 0 heterocycles. The fourth-order valence-corrected chi connectivity index (χ4v) is 0.952. The van der Waals surface area contributed by atoms with E-state index in [9.17, 15) is 0 Å². The van der Waals surface area contributed by atoms with Crippen molar-refractivity contribution >= 4 is 0 Å². The van der Waals surface area contributed by atoms with Gasteiger partial charge in [0.25, 0.3) is 0 Å². The molecule has 0 bridgehead atoms. The lowest BCUT2D eigenvalue weighted by molar-refractivity contribution is 0.302. The molecule has 1 radical (unpaired) electrons. The third kappa shape index (κ3) is 1.34. The number of hydrogen-bond donors (Lipinski definition) is 1. The number of hydrogen-bond acceptors (Lipinski definition) is 1. The first kappa shape index (κ1) is 5.83. The normalized spacial score (nSPS) is 28.4. The van der Waals surface area contributed by atoms with Crippen molar-refractivity contribution in [2.24, 2.45) is 5.92 Å². The van der Waals surface area contributed by atoms with E-state index in [-0.39, 0.29) is 0 Å². The van der Waals surface area contributed by atoms with E-state index in [0.717, 1.165) is 19.3 Å². The first-order chi connectivity index (χ1) is 3.93. The molecule has 0 aliphatic heterocycles. The third-order valence-corrected chi connectivity index (χ3v) is 1.52. The van der Waals surface area contributed by atoms with Crippen LogP contribution in [0.3, 0.4) is 0 Å². The third-order valence-electron chi connectivity index (χ3n) is 1.52. The van der Waals surface area contributed by atoms with Crippen LogP contribution >= 0.6 is 0 Å². The first-order valence-electron chi connectivity index (χ1n) is 3.06. The molecular formula is C7H11O. The van der Waals surface area contributed by atoms with E-state index in [2.05, 4.69) is 12.2 Å². The number of aliphatic hydroxyl groups is 1. The Morgan fingerprint density at radius 3 is 2.75 bits per heavy atom. The molecule has 0 aromatic heterocycles. The highest BCUT2D eigenvalue weighted by molar-refractivity contribution is 4.91. The summed E-state index contributed by atoms with van der Waals surface area (Å²) in [6.45, 7) is 1.31. The predicted molar refractivity (Wildman–Crippen MR) is 32.7 cm³/mol. The van der Waals surface area contributed by atoms with Gasteiger partial charge in [0.05, 0.1) is 6.61 Å². The van der Waals surface area contributed by atoms with E-state index in [1.165, 1.54) is 6.61 Å². The quantitative estimate of drug-likeness (QED) is 0.512. The maximum absolute atomic E-state index is 8.53.